The summed E-state index contributed by atoms with van der Waals surface area (Å²) in [5, 5.41) is 13.3. The first-order valence-corrected chi connectivity index (χ1v) is 20.2. The molecule has 4 nitrogen and oxygen atoms in total. The summed E-state index contributed by atoms with van der Waals surface area (Å²) in [5.41, 5.74) is 7.80. The first-order valence-electron chi connectivity index (χ1n) is 19.3. The Morgan fingerprint density at radius 3 is 1.93 bits per heavy atom. The average Bonchev–Trinajstić information content (AvgIpc) is 3.93. The first-order chi connectivity index (χ1) is 28.3. The van der Waals surface area contributed by atoms with Crippen molar-refractivity contribution in [2.75, 3.05) is 0 Å². The maximum atomic E-state index is 5.52. The van der Waals surface area contributed by atoms with Crippen LogP contribution in [0.25, 0.3) is 119 Å². The molecule has 0 N–H and O–H groups in total. The van der Waals surface area contributed by atoms with Gasteiger partial charge in [0.05, 0.1) is 33.3 Å². The van der Waals surface area contributed by atoms with Crippen LogP contribution in [0.15, 0.2) is 182 Å². The predicted molar refractivity (Wildman–Crippen MR) is 242 cm³/mol. The Hall–Kier alpha value is -7.34. The minimum atomic E-state index is 0.730. The van der Waals surface area contributed by atoms with E-state index in [1.54, 1.807) is 0 Å². The van der Waals surface area contributed by atoms with Crippen LogP contribution in [0.4, 0.5) is 0 Å². The van der Waals surface area contributed by atoms with Crippen molar-refractivity contribution in [2.24, 2.45) is 0 Å². The van der Waals surface area contributed by atoms with Crippen LogP contribution in [0.1, 0.15) is 0 Å². The molecule has 0 aliphatic heterocycles. The number of hydrogen-bond acceptors (Lipinski definition) is 3. The quantitative estimate of drug-likeness (QED) is 0.181. The molecule has 9 aromatic carbocycles. The Bertz CT molecular complexity index is 3830. The lowest BCUT2D eigenvalue weighted by Gasteiger charge is -2.15. The number of nitrogens with zero attached hydrogens (tertiary/aromatic N) is 4. The van der Waals surface area contributed by atoms with Crippen molar-refractivity contribution in [2.45, 2.75) is 0 Å². The van der Waals surface area contributed by atoms with E-state index >= 15 is 0 Å². The molecule has 0 atom stereocenters. The van der Waals surface area contributed by atoms with Crippen LogP contribution in [-0.2, 0) is 0 Å². The molecule has 0 spiro atoms. The zero-order valence-corrected chi connectivity index (χ0v) is 31.3. The number of hydrogen-bond donors (Lipinski definition) is 0. The van der Waals surface area contributed by atoms with Gasteiger partial charge >= 0.3 is 0 Å². The summed E-state index contributed by atoms with van der Waals surface area (Å²) >= 11 is 1.81. The summed E-state index contributed by atoms with van der Waals surface area (Å²) in [6.45, 7) is 0. The third kappa shape index (κ3) is 4.32. The van der Waals surface area contributed by atoms with Crippen molar-refractivity contribution in [3.63, 3.8) is 0 Å². The number of rotatable bonds is 3. The fraction of sp³-hybridized carbons (Fsp3) is 0. The van der Waals surface area contributed by atoms with E-state index in [1.165, 1.54) is 80.0 Å². The van der Waals surface area contributed by atoms with Crippen LogP contribution < -0.4 is 0 Å². The Morgan fingerprint density at radius 1 is 0.386 bits per heavy atom. The summed E-state index contributed by atoms with van der Waals surface area (Å²) in [4.78, 5) is 10.8. The fourth-order valence-corrected chi connectivity index (χ4v) is 10.6. The molecule has 4 heterocycles. The number of fused-ring (bicyclic) bond motifs is 13. The van der Waals surface area contributed by atoms with E-state index in [-0.39, 0.29) is 0 Å². The normalized spacial score (nSPS) is 12.2. The molecule has 0 saturated carbocycles. The van der Waals surface area contributed by atoms with Gasteiger partial charge < -0.3 is 4.57 Å². The summed E-state index contributed by atoms with van der Waals surface area (Å²) in [6, 6.07) is 65.9. The molecule has 0 radical (unpaired) electrons. The van der Waals surface area contributed by atoms with Gasteiger partial charge in [-0.15, -0.1) is 11.3 Å². The predicted octanol–water partition coefficient (Wildman–Crippen LogP) is 14.2. The van der Waals surface area contributed by atoms with Crippen molar-refractivity contribution in [3.8, 4) is 22.9 Å². The van der Waals surface area contributed by atoms with Gasteiger partial charge in [0.25, 0.3) is 0 Å². The van der Waals surface area contributed by atoms with Gasteiger partial charge in [-0.25, -0.2) is 9.97 Å². The highest BCUT2D eigenvalue weighted by Gasteiger charge is 2.22. The van der Waals surface area contributed by atoms with E-state index < -0.39 is 0 Å². The van der Waals surface area contributed by atoms with Crippen LogP contribution in [0.3, 0.4) is 0 Å². The summed E-state index contributed by atoms with van der Waals surface area (Å²) in [6.07, 6.45) is 0. The van der Waals surface area contributed by atoms with Gasteiger partial charge in [-0.05, 0) is 65.4 Å². The summed E-state index contributed by atoms with van der Waals surface area (Å²) in [7, 11) is 0. The van der Waals surface area contributed by atoms with Gasteiger partial charge in [-0.2, -0.15) is 0 Å². The zero-order chi connectivity index (χ0) is 37.2. The van der Waals surface area contributed by atoms with Crippen molar-refractivity contribution in [3.05, 3.63) is 182 Å². The van der Waals surface area contributed by atoms with Gasteiger partial charge in [-0.1, -0.05) is 127 Å². The molecule has 0 saturated heterocycles. The molecular formula is C52H30N4S. The fourth-order valence-electron chi connectivity index (χ4n) is 9.40. The number of para-hydroxylation sites is 3. The summed E-state index contributed by atoms with van der Waals surface area (Å²) in [5.74, 6) is 1.61. The number of benzene rings is 9. The standard InChI is InChI=1S/C52H30N4S/c1-2-15-33-31(13-1)27-28-37-34-16-4-8-23-44(34)55(49(33)37)46-25-11-14-32-29-47-42(30-41(32)46)35-17-5-9-24-45(35)56(47)52-39-19-3-7-22-43(39)53-51(54-52)40-21-12-20-38-36-18-6-10-26-48(36)57-50(38)40/h1-30H. The minimum Gasteiger partial charge on any atom is -0.308 e. The molecule has 0 aliphatic rings. The van der Waals surface area contributed by atoms with Crippen molar-refractivity contribution in [1.82, 2.24) is 19.1 Å². The van der Waals surface area contributed by atoms with E-state index in [1.807, 2.05) is 11.3 Å². The second-order valence-electron chi connectivity index (χ2n) is 14.9. The van der Waals surface area contributed by atoms with Gasteiger partial charge in [0, 0.05) is 63.4 Å². The Balaban J connectivity index is 1.12. The molecule has 0 unspecified atom stereocenters. The van der Waals surface area contributed by atoms with Crippen LogP contribution in [0, 0.1) is 0 Å². The van der Waals surface area contributed by atoms with Crippen molar-refractivity contribution in [1.29, 1.82) is 0 Å². The lowest BCUT2D eigenvalue weighted by atomic mass is 10.0. The second kappa shape index (κ2) is 11.6. The van der Waals surface area contributed by atoms with E-state index in [9.17, 15) is 0 Å². The van der Waals surface area contributed by atoms with Gasteiger partial charge in [-0.3, -0.25) is 4.57 Å². The van der Waals surface area contributed by atoms with E-state index in [4.69, 9.17) is 9.97 Å². The maximum Gasteiger partial charge on any atom is 0.163 e. The van der Waals surface area contributed by atoms with Crippen molar-refractivity contribution >= 4 is 108 Å². The SMILES string of the molecule is c1cc(-n2c3ccccc3c3ccc4ccccc4c32)c2cc3c4ccccc4n(-c4nc(-c5cccc6c5sc5ccccc56)nc5ccccc45)c3cc2c1. The van der Waals surface area contributed by atoms with Gasteiger partial charge in [0.2, 0.25) is 0 Å². The topological polar surface area (TPSA) is 35.6 Å². The molecular weight excluding hydrogens is 713 g/mol. The molecule has 0 bridgehead atoms. The summed E-state index contributed by atoms with van der Waals surface area (Å²) < 4.78 is 7.32. The third-order valence-electron chi connectivity index (χ3n) is 11.9. The molecule has 4 aromatic heterocycles. The number of thiophene rings is 1. The van der Waals surface area contributed by atoms with Crippen LogP contribution in [-0.4, -0.2) is 19.1 Å². The zero-order valence-electron chi connectivity index (χ0n) is 30.5. The Kier molecular flexibility index (Phi) is 6.29. The molecule has 0 fully saturated rings. The first kappa shape index (κ1) is 30.9. The molecule has 264 valence electrons. The molecule has 13 rings (SSSR count). The molecule has 57 heavy (non-hydrogen) atoms. The molecule has 5 heteroatoms. The van der Waals surface area contributed by atoms with Crippen LogP contribution in [0.2, 0.25) is 0 Å². The second-order valence-corrected chi connectivity index (χ2v) is 16.0. The molecule has 0 aliphatic carbocycles. The van der Waals surface area contributed by atoms with E-state index in [0.29, 0.717) is 0 Å². The lowest BCUT2D eigenvalue weighted by Crippen LogP contribution is -2.03. The molecule has 0 amide bonds. The highest BCUT2D eigenvalue weighted by Crippen LogP contribution is 2.43. The van der Waals surface area contributed by atoms with E-state index in [0.717, 1.165) is 39.1 Å². The van der Waals surface area contributed by atoms with Gasteiger partial charge in [0.15, 0.2) is 5.82 Å². The largest absolute Gasteiger partial charge is 0.308 e. The monoisotopic (exact) mass is 742 g/mol. The third-order valence-corrected chi connectivity index (χ3v) is 13.1. The highest BCUT2D eigenvalue weighted by atomic mass is 32.1. The van der Waals surface area contributed by atoms with Crippen LogP contribution >= 0.6 is 11.3 Å². The Labute approximate surface area is 330 Å². The van der Waals surface area contributed by atoms with Crippen molar-refractivity contribution < 1.29 is 0 Å². The van der Waals surface area contributed by atoms with E-state index in [2.05, 4.69) is 191 Å². The minimum absolute atomic E-state index is 0.730. The molecule has 13 aromatic rings. The average molecular weight is 743 g/mol. The van der Waals surface area contributed by atoms with Gasteiger partial charge in [0.1, 0.15) is 5.82 Å². The highest BCUT2D eigenvalue weighted by molar-refractivity contribution is 7.26. The maximum absolute atomic E-state index is 5.52. The number of aromatic nitrogens is 4. The van der Waals surface area contributed by atoms with Crippen LogP contribution in [0.5, 0.6) is 0 Å². The smallest absolute Gasteiger partial charge is 0.163 e. The lowest BCUT2D eigenvalue weighted by molar-refractivity contribution is 1.08. The Morgan fingerprint density at radius 2 is 1.05 bits per heavy atom.